The van der Waals surface area contributed by atoms with Crippen LogP contribution >= 0.6 is 0 Å². The van der Waals surface area contributed by atoms with E-state index in [-0.39, 0.29) is 5.69 Å². The number of rotatable bonds is 1. The van der Waals surface area contributed by atoms with Crippen LogP contribution < -0.4 is 0 Å². The second-order valence-corrected chi connectivity index (χ2v) is 2.03. The molecule has 66 valence electrons. The van der Waals surface area contributed by atoms with Gasteiger partial charge in [0, 0.05) is 6.20 Å². The minimum Gasteiger partial charge on any atom is -0.410 e. The van der Waals surface area contributed by atoms with Crippen LogP contribution in [0.25, 0.3) is 0 Å². The van der Waals surface area contributed by atoms with Crippen molar-refractivity contribution in [2.45, 2.75) is 6.18 Å². The van der Waals surface area contributed by atoms with E-state index in [0.29, 0.717) is 0 Å². The number of aromatic amines is 1. The summed E-state index contributed by atoms with van der Waals surface area (Å²) in [5.41, 5.74) is -1.59. The highest BCUT2D eigenvalue weighted by molar-refractivity contribution is 6.02. The number of H-pyrrole nitrogens is 1. The monoisotopic (exact) mass is 178 g/mol. The van der Waals surface area contributed by atoms with Crippen molar-refractivity contribution in [1.82, 2.24) is 4.98 Å². The third kappa shape index (κ3) is 1.58. The fourth-order valence-corrected chi connectivity index (χ4v) is 0.741. The summed E-state index contributed by atoms with van der Waals surface area (Å²) in [5.74, 6) is 0. The molecule has 12 heavy (non-hydrogen) atoms. The molecule has 0 aromatic carbocycles. The number of nitrogens with one attached hydrogen (secondary N) is 1. The highest BCUT2D eigenvalue weighted by Crippen LogP contribution is 2.21. The van der Waals surface area contributed by atoms with E-state index < -0.39 is 11.9 Å². The second-order valence-electron chi connectivity index (χ2n) is 2.03. The van der Waals surface area contributed by atoms with Crippen LogP contribution in [0.3, 0.4) is 0 Å². The number of nitrogens with zero attached hydrogens (tertiary/aromatic N) is 1. The van der Waals surface area contributed by atoms with Crippen molar-refractivity contribution in [3.63, 3.8) is 0 Å². The van der Waals surface area contributed by atoms with E-state index in [1.54, 1.807) is 0 Å². The molecule has 0 fully saturated rings. The van der Waals surface area contributed by atoms with Crippen LogP contribution in [0.4, 0.5) is 13.2 Å². The van der Waals surface area contributed by atoms with Gasteiger partial charge >= 0.3 is 6.18 Å². The predicted octanol–water partition coefficient (Wildman–Crippen LogP) is 1.76. The maximum absolute atomic E-state index is 12.0. The first-order valence-electron chi connectivity index (χ1n) is 2.98. The number of oxime groups is 1. The van der Waals surface area contributed by atoms with Crippen molar-refractivity contribution in [3.8, 4) is 0 Å². The molecule has 6 heteroatoms. The predicted molar refractivity (Wildman–Crippen MR) is 35.2 cm³/mol. The zero-order valence-corrected chi connectivity index (χ0v) is 5.76. The number of hydrogen-bond acceptors (Lipinski definition) is 2. The molecule has 0 aliphatic heterocycles. The zero-order valence-electron chi connectivity index (χ0n) is 5.76. The summed E-state index contributed by atoms with van der Waals surface area (Å²) in [6, 6.07) is 2.55. The number of halogens is 3. The molecular weight excluding hydrogens is 173 g/mol. The van der Waals surface area contributed by atoms with Gasteiger partial charge in [0.2, 0.25) is 5.71 Å². The fraction of sp³-hybridized carbons (Fsp3) is 0.167. The lowest BCUT2D eigenvalue weighted by Gasteiger charge is -2.05. The summed E-state index contributed by atoms with van der Waals surface area (Å²) in [4.78, 5) is 2.28. The summed E-state index contributed by atoms with van der Waals surface area (Å²) < 4.78 is 35.9. The summed E-state index contributed by atoms with van der Waals surface area (Å²) in [5, 5.41) is 10.2. The lowest BCUT2D eigenvalue weighted by molar-refractivity contribution is -0.0602. The molecule has 0 aliphatic rings. The first-order chi connectivity index (χ1) is 5.55. The Morgan fingerprint density at radius 3 is 2.50 bits per heavy atom. The number of alkyl halides is 3. The molecule has 0 atom stereocenters. The van der Waals surface area contributed by atoms with Crippen molar-refractivity contribution in [1.29, 1.82) is 0 Å². The maximum atomic E-state index is 12.0. The smallest absolute Gasteiger partial charge is 0.410 e. The van der Waals surface area contributed by atoms with E-state index in [0.717, 1.165) is 0 Å². The van der Waals surface area contributed by atoms with Crippen LogP contribution in [-0.2, 0) is 0 Å². The van der Waals surface area contributed by atoms with Crippen molar-refractivity contribution in [3.05, 3.63) is 24.0 Å². The Balaban J connectivity index is 3.01. The molecule has 0 saturated heterocycles. The summed E-state index contributed by atoms with van der Waals surface area (Å²) in [6.45, 7) is 0. The Bertz CT molecular complexity index is 275. The second kappa shape index (κ2) is 2.88. The van der Waals surface area contributed by atoms with Gasteiger partial charge in [-0.2, -0.15) is 13.2 Å². The van der Waals surface area contributed by atoms with Crippen LogP contribution in [0.1, 0.15) is 5.69 Å². The Morgan fingerprint density at radius 1 is 1.50 bits per heavy atom. The summed E-state index contributed by atoms with van der Waals surface area (Å²) in [6.07, 6.45) is -3.33. The molecule has 1 aromatic rings. The van der Waals surface area contributed by atoms with Gasteiger partial charge in [-0.15, -0.1) is 0 Å². The first-order valence-corrected chi connectivity index (χ1v) is 2.98. The van der Waals surface area contributed by atoms with Crippen molar-refractivity contribution >= 4 is 5.71 Å². The average Bonchev–Trinajstić information content (AvgIpc) is 2.38. The van der Waals surface area contributed by atoms with Crippen molar-refractivity contribution < 1.29 is 18.4 Å². The standard InChI is InChI=1S/C6H5F3N2O/c7-6(8,9)5(11-12)4-2-1-3-10-4/h1-3,10,12H. The van der Waals surface area contributed by atoms with Crippen LogP contribution in [0, 0.1) is 0 Å². The van der Waals surface area contributed by atoms with Crippen molar-refractivity contribution in [2.75, 3.05) is 0 Å². The van der Waals surface area contributed by atoms with Gasteiger partial charge in [-0.05, 0) is 12.1 Å². The third-order valence-corrected chi connectivity index (χ3v) is 1.22. The van der Waals surface area contributed by atoms with Gasteiger partial charge in [0.1, 0.15) is 0 Å². The summed E-state index contributed by atoms with van der Waals surface area (Å²) >= 11 is 0. The molecule has 0 radical (unpaired) electrons. The van der Waals surface area contributed by atoms with E-state index in [4.69, 9.17) is 5.21 Å². The van der Waals surface area contributed by atoms with E-state index in [1.807, 2.05) is 0 Å². The summed E-state index contributed by atoms with van der Waals surface area (Å²) in [7, 11) is 0. The molecular formula is C6H5F3N2O. The highest BCUT2D eigenvalue weighted by atomic mass is 19.4. The van der Waals surface area contributed by atoms with Crippen LogP contribution in [0.2, 0.25) is 0 Å². The van der Waals surface area contributed by atoms with Gasteiger partial charge in [-0.3, -0.25) is 0 Å². The molecule has 2 N–H and O–H groups in total. The Kier molecular flexibility index (Phi) is 2.07. The van der Waals surface area contributed by atoms with Crippen molar-refractivity contribution in [2.24, 2.45) is 5.16 Å². The molecule has 1 aromatic heterocycles. The SMILES string of the molecule is ON=C(c1ccc[nH]1)C(F)(F)F. The molecule has 0 amide bonds. The first kappa shape index (κ1) is 8.63. The Hall–Kier alpha value is -1.46. The molecule has 0 saturated carbocycles. The minimum atomic E-state index is -4.64. The van der Waals surface area contributed by atoms with Crippen LogP contribution in [0.5, 0.6) is 0 Å². The van der Waals surface area contributed by atoms with Crippen LogP contribution in [-0.4, -0.2) is 22.1 Å². The molecule has 0 aliphatic carbocycles. The topological polar surface area (TPSA) is 48.4 Å². The fourth-order valence-electron chi connectivity index (χ4n) is 0.741. The molecule has 0 bridgehead atoms. The molecule has 0 unspecified atom stereocenters. The van der Waals surface area contributed by atoms with Gasteiger partial charge in [-0.25, -0.2) is 0 Å². The lowest BCUT2D eigenvalue weighted by Crippen LogP contribution is -2.24. The average molecular weight is 178 g/mol. The largest absolute Gasteiger partial charge is 0.438 e. The van der Waals surface area contributed by atoms with Gasteiger partial charge in [0.15, 0.2) is 0 Å². The molecule has 0 spiro atoms. The van der Waals surface area contributed by atoms with Gasteiger partial charge in [0.05, 0.1) is 5.69 Å². The lowest BCUT2D eigenvalue weighted by atomic mass is 10.3. The number of aromatic nitrogens is 1. The van der Waals surface area contributed by atoms with E-state index >= 15 is 0 Å². The normalized spacial score (nSPS) is 13.4. The van der Waals surface area contributed by atoms with E-state index in [1.165, 1.54) is 18.3 Å². The van der Waals surface area contributed by atoms with Crippen LogP contribution in [0.15, 0.2) is 23.5 Å². The minimum absolute atomic E-state index is 0.259. The van der Waals surface area contributed by atoms with E-state index in [2.05, 4.69) is 10.1 Å². The molecule has 3 nitrogen and oxygen atoms in total. The molecule has 1 rings (SSSR count). The Labute approximate surface area is 65.5 Å². The van der Waals surface area contributed by atoms with Gasteiger partial charge in [0.25, 0.3) is 0 Å². The Morgan fingerprint density at radius 2 is 2.17 bits per heavy atom. The quantitative estimate of drug-likeness (QED) is 0.384. The zero-order chi connectivity index (χ0) is 9.19. The van der Waals surface area contributed by atoms with Gasteiger partial charge in [-0.1, -0.05) is 5.16 Å². The van der Waals surface area contributed by atoms with E-state index in [9.17, 15) is 13.2 Å². The molecule has 1 heterocycles. The maximum Gasteiger partial charge on any atom is 0.438 e. The highest BCUT2D eigenvalue weighted by Gasteiger charge is 2.38. The number of hydrogen-bond donors (Lipinski definition) is 2. The van der Waals surface area contributed by atoms with Gasteiger partial charge < -0.3 is 10.2 Å². The third-order valence-electron chi connectivity index (χ3n) is 1.22.